The van der Waals surface area contributed by atoms with Crippen LogP contribution in [0, 0.1) is 0 Å². The second-order valence-electron chi connectivity index (χ2n) is 5.33. The lowest BCUT2D eigenvalue weighted by Gasteiger charge is -2.22. The molecule has 0 amide bonds. The van der Waals surface area contributed by atoms with Crippen molar-refractivity contribution in [2.75, 3.05) is 0 Å². The number of unbranched alkanes of at least 4 members (excludes halogenated alkanes) is 5. The minimum Gasteiger partial charge on any atom is -0.137 e. The van der Waals surface area contributed by atoms with E-state index in [-0.39, 0.29) is 0 Å². The highest BCUT2D eigenvalue weighted by molar-refractivity contribution is 14.1. The summed E-state index contributed by atoms with van der Waals surface area (Å²) in [5.74, 6) is 0. The lowest BCUT2D eigenvalue weighted by molar-refractivity contribution is 0.532. The molecule has 0 aliphatic carbocycles. The topological polar surface area (TPSA) is 0 Å². The zero-order chi connectivity index (χ0) is 13.4. The Morgan fingerprint density at radius 1 is 1.22 bits per heavy atom. The van der Waals surface area contributed by atoms with Crippen molar-refractivity contribution in [3.8, 4) is 0 Å². The maximum absolute atomic E-state index is 3.64. The lowest BCUT2D eigenvalue weighted by atomic mass is 9.96. The third-order valence-corrected chi connectivity index (χ3v) is 6.04. The van der Waals surface area contributed by atoms with Crippen LogP contribution in [0.5, 0.6) is 0 Å². The Hall–Kier alpha value is 0.910. The summed E-state index contributed by atoms with van der Waals surface area (Å²) in [5, 5.41) is 2.18. The molecule has 0 fully saturated rings. The van der Waals surface area contributed by atoms with Crippen LogP contribution in [0.25, 0.3) is 0 Å². The van der Waals surface area contributed by atoms with E-state index >= 15 is 0 Å². The molecule has 0 radical (unpaired) electrons. The molecule has 0 aliphatic heterocycles. The number of halogens is 2. The summed E-state index contributed by atoms with van der Waals surface area (Å²) in [7, 11) is 0. The molecule has 0 bridgehead atoms. The second kappa shape index (κ2) is 8.96. The molecule has 0 nitrogen and oxygen atoms in total. The molecule has 1 aromatic rings. The number of rotatable bonds is 9. The minimum atomic E-state index is 0.409. The van der Waals surface area contributed by atoms with E-state index < -0.39 is 0 Å². The molecule has 18 heavy (non-hydrogen) atoms. The summed E-state index contributed by atoms with van der Waals surface area (Å²) in [6.07, 6.45) is 10.9. The van der Waals surface area contributed by atoms with Crippen LogP contribution < -0.4 is 0 Å². The molecule has 1 unspecified atom stereocenters. The third kappa shape index (κ3) is 6.90. The van der Waals surface area contributed by atoms with Gasteiger partial charge >= 0.3 is 0 Å². The minimum absolute atomic E-state index is 0.409. The fourth-order valence-corrected chi connectivity index (χ4v) is 4.24. The summed E-state index contributed by atoms with van der Waals surface area (Å²) in [5.41, 5.74) is 1.47. The van der Waals surface area contributed by atoms with Gasteiger partial charge in [-0.3, -0.25) is 0 Å². The first-order chi connectivity index (χ1) is 8.55. The number of hydrogen-bond acceptors (Lipinski definition) is 1. The normalized spacial score (nSPS) is 14.7. The van der Waals surface area contributed by atoms with E-state index in [1.54, 1.807) is 11.3 Å². The lowest BCUT2D eigenvalue weighted by Crippen LogP contribution is -2.18. The Bertz CT molecular complexity index is 333. The molecule has 1 rings (SSSR count). The summed E-state index contributed by atoms with van der Waals surface area (Å²) in [4.78, 5) is 0. The first-order valence-electron chi connectivity index (χ1n) is 6.96. The maximum atomic E-state index is 3.64. The van der Waals surface area contributed by atoms with Gasteiger partial charge in [0.25, 0.3) is 0 Å². The van der Waals surface area contributed by atoms with Gasteiger partial charge in [0.05, 0.1) is 3.79 Å². The van der Waals surface area contributed by atoms with E-state index in [4.69, 9.17) is 0 Å². The van der Waals surface area contributed by atoms with Crippen molar-refractivity contribution in [2.24, 2.45) is 0 Å². The molecule has 1 aromatic heterocycles. The molecule has 0 saturated heterocycles. The molecule has 0 aliphatic rings. The summed E-state index contributed by atoms with van der Waals surface area (Å²) < 4.78 is 1.72. The van der Waals surface area contributed by atoms with Gasteiger partial charge in [0, 0.05) is 3.42 Å². The van der Waals surface area contributed by atoms with Gasteiger partial charge in [0.2, 0.25) is 0 Å². The zero-order valence-corrected chi connectivity index (χ0v) is 16.0. The van der Waals surface area contributed by atoms with Gasteiger partial charge in [-0.25, -0.2) is 0 Å². The molecule has 104 valence electrons. The first kappa shape index (κ1) is 17.0. The van der Waals surface area contributed by atoms with Gasteiger partial charge < -0.3 is 0 Å². The van der Waals surface area contributed by atoms with Crippen molar-refractivity contribution in [3.05, 3.63) is 20.8 Å². The van der Waals surface area contributed by atoms with Gasteiger partial charge in [-0.2, -0.15) is 0 Å². The van der Waals surface area contributed by atoms with Crippen LogP contribution in [0.2, 0.25) is 0 Å². The standard InChI is InChI=1S/C15H24BrIS/c1-3-4-5-6-7-8-10-15(2,17)12-13-9-11-18-14(13)16/h9,11H,3-8,10,12H2,1-2H3. The largest absolute Gasteiger partial charge is 0.137 e. The highest BCUT2D eigenvalue weighted by Crippen LogP contribution is 2.34. The van der Waals surface area contributed by atoms with Crippen LogP contribution in [0.3, 0.4) is 0 Å². The average molecular weight is 443 g/mol. The quantitative estimate of drug-likeness (QED) is 0.219. The van der Waals surface area contributed by atoms with Gasteiger partial charge in [0.15, 0.2) is 0 Å². The molecular formula is C15H24BrIS. The van der Waals surface area contributed by atoms with Crippen molar-refractivity contribution < 1.29 is 0 Å². The van der Waals surface area contributed by atoms with Crippen LogP contribution in [0.15, 0.2) is 15.2 Å². The van der Waals surface area contributed by atoms with E-state index in [1.165, 1.54) is 60.7 Å². The summed E-state index contributed by atoms with van der Waals surface area (Å²) >= 11 is 8.09. The van der Waals surface area contributed by atoms with Crippen LogP contribution in [0.4, 0.5) is 0 Å². The predicted molar refractivity (Wildman–Crippen MR) is 96.1 cm³/mol. The maximum Gasteiger partial charge on any atom is 0.0730 e. The number of hydrogen-bond donors (Lipinski definition) is 0. The highest BCUT2D eigenvalue weighted by atomic mass is 127. The summed E-state index contributed by atoms with van der Waals surface area (Å²) in [6.45, 7) is 4.67. The second-order valence-corrected chi connectivity index (χ2v) is 10.2. The van der Waals surface area contributed by atoms with Crippen molar-refractivity contribution in [2.45, 2.75) is 68.6 Å². The third-order valence-electron chi connectivity index (χ3n) is 3.30. The van der Waals surface area contributed by atoms with Gasteiger partial charge in [-0.15, -0.1) is 11.3 Å². The molecule has 0 spiro atoms. The predicted octanol–water partition coefficient (Wildman–Crippen LogP) is 7.00. The van der Waals surface area contributed by atoms with Crippen LogP contribution >= 0.6 is 49.9 Å². The Balaban J connectivity index is 2.21. The average Bonchev–Trinajstić information content (AvgIpc) is 2.69. The van der Waals surface area contributed by atoms with E-state index in [0.717, 1.165) is 0 Å². The smallest absolute Gasteiger partial charge is 0.0730 e. The monoisotopic (exact) mass is 442 g/mol. The SMILES string of the molecule is CCCCCCCCC(C)(I)Cc1ccsc1Br. The van der Waals surface area contributed by atoms with Gasteiger partial charge in [-0.1, -0.05) is 75.0 Å². The Labute approximate surface area is 138 Å². The van der Waals surface area contributed by atoms with Gasteiger partial charge in [-0.05, 0) is 45.8 Å². The zero-order valence-electron chi connectivity index (χ0n) is 11.5. The van der Waals surface area contributed by atoms with Crippen molar-refractivity contribution in [1.82, 2.24) is 0 Å². The molecule has 0 saturated carbocycles. The Morgan fingerprint density at radius 2 is 1.89 bits per heavy atom. The first-order valence-corrected chi connectivity index (χ1v) is 9.71. The molecule has 1 heterocycles. The van der Waals surface area contributed by atoms with Gasteiger partial charge in [0.1, 0.15) is 0 Å². The molecular weight excluding hydrogens is 419 g/mol. The Kier molecular flexibility index (Phi) is 8.44. The van der Waals surface area contributed by atoms with Crippen molar-refractivity contribution in [1.29, 1.82) is 0 Å². The number of thiophene rings is 1. The number of alkyl halides is 1. The fourth-order valence-electron chi connectivity index (χ4n) is 2.20. The van der Waals surface area contributed by atoms with E-state index in [2.05, 4.69) is 63.8 Å². The molecule has 3 heteroatoms. The summed E-state index contributed by atoms with van der Waals surface area (Å²) in [6, 6.07) is 2.26. The highest BCUT2D eigenvalue weighted by Gasteiger charge is 2.21. The van der Waals surface area contributed by atoms with Crippen molar-refractivity contribution >= 4 is 49.9 Å². The molecule has 0 aromatic carbocycles. The van der Waals surface area contributed by atoms with Crippen LogP contribution in [-0.2, 0) is 6.42 Å². The van der Waals surface area contributed by atoms with E-state index in [1.807, 2.05) is 0 Å². The fraction of sp³-hybridized carbons (Fsp3) is 0.733. The van der Waals surface area contributed by atoms with E-state index in [0.29, 0.717) is 3.42 Å². The molecule has 1 atom stereocenters. The molecule has 0 N–H and O–H groups in total. The van der Waals surface area contributed by atoms with Crippen LogP contribution in [0.1, 0.15) is 64.4 Å². The Morgan fingerprint density at radius 3 is 2.50 bits per heavy atom. The van der Waals surface area contributed by atoms with E-state index in [9.17, 15) is 0 Å². The van der Waals surface area contributed by atoms with Crippen molar-refractivity contribution in [3.63, 3.8) is 0 Å². The van der Waals surface area contributed by atoms with Crippen LogP contribution in [-0.4, -0.2) is 3.42 Å².